The van der Waals surface area contributed by atoms with E-state index in [1.54, 1.807) is 0 Å². The van der Waals surface area contributed by atoms with Gasteiger partial charge in [0.05, 0.1) is 0 Å². The van der Waals surface area contributed by atoms with Crippen LogP contribution in [0.25, 0.3) is 0 Å². The number of rotatable bonds is 4. The maximum absolute atomic E-state index is 8.57. The Kier molecular flexibility index (Phi) is 7.67. The Labute approximate surface area is 115 Å². The quantitative estimate of drug-likeness (QED) is 0.520. The van der Waals surface area contributed by atoms with Crippen LogP contribution in [0.5, 0.6) is 0 Å². The molecular formula is C14H13BrOS. The minimum atomic E-state index is 0.242. The molecule has 1 aromatic rings. The van der Waals surface area contributed by atoms with Crippen LogP contribution in [0.2, 0.25) is 0 Å². The van der Waals surface area contributed by atoms with Crippen LogP contribution in [0.4, 0.5) is 0 Å². The van der Waals surface area contributed by atoms with Crippen LogP contribution in [0, 0.1) is 23.0 Å². The lowest BCUT2D eigenvalue weighted by atomic mass is 10.2. The van der Waals surface area contributed by atoms with Crippen molar-refractivity contribution in [3.05, 3.63) is 28.7 Å². The van der Waals surface area contributed by atoms with Gasteiger partial charge in [0.1, 0.15) is 0 Å². The fraction of sp³-hybridized carbons (Fsp3) is 0.286. The second-order valence-electron chi connectivity index (χ2n) is 3.27. The molecule has 1 aromatic carbocycles. The van der Waals surface area contributed by atoms with Gasteiger partial charge in [-0.25, -0.2) is 0 Å². The minimum Gasteiger partial charge on any atom is -0.396 e. The highest BCUT2D eigenvalue weighted by Gasteiger charge is 1.90. The van der Waals surface area contributed by atoms with Crippen LogP contribution in [-0.2, 0) is 0 Å². The van der Waals surface area contributed by atoms with Gasteiger partial charge in [-0.15, -0.1) is 0 Å². The van der Waals surface area contributed by atoms with Gasteiger partial charge in [0.2, 0.25) is 0 Å². The Balaban J connectivity index is 2.31. The highest BCUT2D eigenvalue weighted by molar-refractivity contribution is 9.10. The van der Waals surface area contributed by atoms with E-state index in [1.807, 2.05) is 24.3 Å². The standard InChI is InChI=1S/C14H13BrOS/c15-13-8-7-9-14(12-13)17-11-6-4-2-1-3-5-10-16/h7-9,12,16H,1,3,5,10H2. The second kappa shape index (κ2) is 9.19. The average Bonchev–Trinajstić information content (AvgIpc) is 2.33. The predicted molar refractivity (Wildman–Crippen MR) is 76.5 cm³/mol. The van der Waals surface area contributed by atoms with Crippen LogP contribution < -0.4 is 0 Å². The van der Waals surface area contributed by atoms with Gasteiger partial charge in [0.15, 0.2) is 0 Å². The van der Waals surface area contributed by atoms with E-state index in [1.165, 1.54) is 11.8 Å². The molecule has 0 radical (unpaired) electrons. The lowest BCUT2D eigenvalue weighted by Gasteiger charge is -1.93. The van der Waals surface area contributed by atoms with E-state index in [0.717, 1.165) is 28.6 Å². The molecular weight excluding hydrogens is 296 g/mol. The summed E-state index contributed by atoms with van der Waals surface area (Å²) >= 11 is 4.88. The zero-order valence-corrected chi connectivity index (χ0v) is 11.8. The van der Waals surface area contributed by atoms with Crippen LogP contribution in [0.3, 0.4) is 0 Å². The van der Waals surface area contributed by atoms with Crippen molar-refractivity contribution < 1.29 is 5.11 Å². The Morgan fingerprint density at radius 1 is 1.24 bits per heavy atom. The number of halogens is 1. The monoisotopic (exact) mass is 308 g/mol. The maximum atomic E-state index is 8.57. The second-order valence-corrected chi connectivity index (χ2v) is 5.06. The molecule has 88 valence electrons. The van der Waals surface area contributed by atoms with Crippen molar-refractivity contribution in [1.29, 1.82) is 0 Å². The largest absolute Gasteiger partial charge is 0.396 e. The van der Waals surface area contributed by atoms with Crippen molar-refractivity contribution in [2.75, 3.05) is 6.61 Å². The highest BCUT2D eigenvalue weighted by atomic mass is 79.9. The summed E-state index contributed by atoms with van der Waals surface area (Å²) in [6, 6.07) is 8.00. The van der Waals surface area contributed by atoms with Gasteiger partial charge >= 0.3 is 0 Å². The number of unbranched alkanes of at least 4 members (excludes halogenated alkanes) is 2. The molecule has 0 heterocycles. The number of aliphatic hydroxyl groups is 1. The summed E-state index contributed by atoms with van der Waals surface area (Å²) in [6.45, 7) is 0.242. The van der Waals surface area contributed by atoms with Gasteiger partial charge in [-0.2, -0.15) is 0 Å². The van der Waals surface area contributed by atoms with Crippen LogP contribution >= 0.6 is 27.7 Å². The smallest absolute Gasteiger partial charge is 0.0431 e. The first-order valence-corrected chi connectivity index (χ1v) is 6.95. The first-order valence-electron chi connectivity index (χ1n) is 5.34. The number of hydrogen-bond donors (Lipinski definition) is 1. The molecule has 0 saturated carbocycles. The molecule has 3 heteroatoms. The third-order valence-corrected chi connectivity index (χ3v) is 3.06. The third kappa shape index (κ3) is 7.13. The summed E-state index contributed by atoms with van der Waals surface area (Å²) < 4.78 is 1.05. The van der Waals surface area contributed by atoms with E-state index in [9.17, 15) is 0 Å². The summed E-state index contributed by atoms with van der Waals surface area (Å²) in [7, 11) is 0. The summed E-state index contributed by atoms with van der Waals surface area (Å²) in [6.07, 6.45) is 2.55. The van der Waals surface area contributed by atoms with E-state index >= 15 is 0 Å². The Bertz CT molecular complexity index is 462. The van der Waals surface area contributed by atoms with Gasteiger partial charge in [0, 0.05) is 22.4 Å². The molecule has 0 aliphatic carbocycles. The van der Waals surface area contributed by atoms with E-state index in [-0.39, 0.29) is 6.61 Å². The van der Waals surface area contributed by atoms with Crippen LogP contribution in [0.15, 0.2) is 33.6 Å². The highest BCUT2D eigenvalue weighted by Crippen LogP contribution is 2.20. The lowest BCUT2D eigenvalue weighted by Crippen LogP contribution is -1.80. The summed E-state index contributed by atoms with van der Waals surface area (Å²) in [5, 5.41) is 11.5. The molecule has 1 N–H and O–H groups in total. The molecule has 0 unspecified atom stereocenters. The predicted octanol–water partition coefficient (Wildman–Crippen LogP) is 3.67. The van der Waals surface area contributed by atoms with Gasteiger partial charge < -0.3 is 5.11 Å². The van der Waals surface area contributed by atoms with Crippen LogP contribution in [-0.4, -0.2) is 11.7 Å². The first-order chi connectivity index (χ1) is 8.33. The molecule has 0 amide bonds. The SMILES string of the molecule is OCCCCC#CC#CSc1cccc(Br)c1. The van der Waals surface area contributed by atoms with Crippen molar-refractivity contribution in [1.82, 2.24) is 0 Å². The molecule has 0 bridgehead atoms. The molecule has 0 saturated heterocycles. The molecule has 1 nitrogen and oxygen atoms in total. The number of benzene rings is 1. The fourth-order valence-corrected chi connectivity index (χ4v) is 2.18. The molecule has 0 aliphatic rings. The summed E-state index contributed by atoms with van der Waals surface area (Å²) in [5.41, 5.74) is 0. The lowest BCUT2D eigenvalue weighted by molar-refractivity contribution is 0.285. The molecule has 0 aliphatic heterocycles. The fourth-order valence-electron chi connectivity index (χ4n) is 1.07. The van der Waals surface area contributed by atoms with Gasteiger partial charge in [0.25, 0.3) is 0 Å². The first kappa shape index (κ1) is 14.2. The van der Waals surface area contributed by atoms with E-state index in [4.69, 9.17) is 5.11 Å². The zero-order chi connectivity index (χ0) is 12.3. The molecule has 1 rings (SSSR count). The van der Waals surface area contributed by atoms with Crippen LogP contribution in [0.1, 0.15) is 19.3 Å². The molecule has 0 aromatic heterocycles. The minimum absolute atomic E-state index is 0.242. The Morgan fingerprint density at radius 2 is 2.12 bits per heavy atom. The van der Waals surface area contributed by atoms with E-state index in [0.29, 0.717) is 0 Å². The Hall–Kier alpha value is -0.870. The summed E-state index contributed by atoms with van der Waals surface area (Å²) in [4.78, 5) is 1.11. The van der Waals surface area contributed by atoms with Gasteiger partial charge in [-0.3, -0.25) is 0 Å². The Morgan fingerprint density at radius 3 is 2.88 bits per heavy atom. The van der Waals surface area contributed by atoms with Gasteiger partial charge in [-0.05, 0) is 59.9 Å². The van der Waals surface area contributed by atoms with Crippen molar-refractivity contribution in [3.63, 3.8) is 0 Å². The number of thioether (sulfide) groups is 1. The third-order valence-electron chi connectivity index (χ3n) is 1.88. The van der Waals surface area contributed by atoms with E-state index < -0.39 is 0 Å². The van der Waals surface area contributed by atoms with Crippen molar-refractivity contribution in [3.8, 4) is 23.0 Å². The number of hydrogen-bond acceptors (Lipinski definition) is 2. The van der Waals surface area contributed by atoms with Gasteiger partial charge in [-0.1, -0.05) is 27.9 Å². The molecule has 17 heavy (non-hydrogen) atoms. The topological polar surface area (TPSA) is 20.2 Å². The average molecular weight is 309 g/mol. The molecule has 0 fully saturated rings. The maximum Gasteiger partial charge on any atom is 0.0431 e. The number of aliphatic hydroxyl groups excluding tert-OH is 1. The summed E-state index contributed by atoms with van der Waals surface area (Å²) in [5.74, 6) is 8.57. The van der Waals surface area contributed by atoms with Crippen molar-refractivity contribution in [2.24, 2.45) is 0 Å². The van der Waals surface area contributed by atoms with E-state index in [2.05, 4.69) is 38.9 Å². The zero-order valence-electron chi connectivity index (χ0n) is 9.37. The molecule has 0 atom stereocenters. The normalized spacial score (nSPS) is 8.82. The van der Waals surface area contributed by atoms with Crippen molar-refractivity contribution in [2.45, 2.75) is 24.2 Å². The molecule has 0 spiro atoms. The van der Waals surface area contributed by atoms with Crippen molar-refractivity contribution >= 4 is 27.7 Å².